The topological polar surface area (TPSA) is 54.4 Å². The number of carbonyl (C=O) groups is 1. The van der Waals surface area contributed by atoms with Crippen molar-refractivity contribution >= 4 is 17.4 Å². The smallest absolute Gasteiger partial charge is 0.225 e. The van der Waals surface area contributed by atoms with Crippen molar-refractivity contribution in [2.75, 3.05) is 33.3 Å². The van der Waals surface area contributed by atoms with E-state index in [4.69, 9.17) is 14.5 Å². The second-order valence-electron chi connectivity index (χ2n) is 9.37. The fourth-order valence-corrected chi connectivity index (χ4v) is 5.19. The summed E-state index contributed by atoms with van der Waals surface area (Å²) in [6, 6.07) is 12.0. The molecule has 1 aliphatic carbocycles. The zero-order valence-corrected chi connectivity index (χ0v) is 19.7. The van der Waals surface area contributed by atoms with Crippen LogP contribution in [0.5, 0.6) is 17.2 Å². The van der Waals surface area contributed by atoms with Crippen molar-refractivity contribution in [3.8, 4) is 17.2 Å². The van der Waals surface area contributed by atoms with Crippen LogP contribution in [0.15, 0.2) is 41.4 Å². The summed E-state index contributed by atoms with van der Waals surface area (Å²) in [6.45, 7) is 5.24. The fourth-order valence-electron chi connectivity index (χ4n) is 5.19. The van der Waals surface area contributed by atoms with Gasteiger partial charge in [0.2, 0.25) is 5.91 Å². The largest absolute Gasteiger partial charge is 0.497 e. The van der Waals surface area contributed by atoms with E-state index in [1.807, 2.05) is 30.3 Å². The molecule has 1 amide bonds. The molecule has 0 bridgehead atoms. The van der Waals surface area contributed by atoms with Crippen molar-refractivity contribution in [3.05, 3.63) is 47.5 Å². The molecule has 0 radical (unpaired) electrons. The molecule has 0 aromatic heterocycles. The van der Waals surface area contributed by atoms with E-state index < -0.39 is 0 Å². The van der Waals surface area contributed by atoms with Crippen LogP contribution in [0.4, 0.5) is 5.69 Å². The van der Waals surface area contributed by atoms with E-state index in [1.54, 1.807) is 7.11 Å². The summed E-state index contributed by atoms with van der Waals surface area (Å²) in [4.78, 5) is 22.6. The minimum Gasteiger partial charge on any atom is -0.497 e. The number of benzene rings is 2. The number of ether oxygens (including phenoxy) is 2. The zero-order chi connectivity index (χ0) is 22.8. The van der Waals surface area contributed by atoms with Gasteiger partial charge in [-0.2, -0.15) is 0 Å². The summed E-state index contributed by atoms with van der Waals surface area (Å²) in [5.74, 6) is 3.73. The molecular weight excluding hydrogens is 414 g/mol. The quantitative estimate of drug-likeness (QED) is 0.627. The maximum absolute atomic E-state index is 13.2. The van der Waals surface area contributed by atoms with Crippen molar-refractivity contribution < 1.29 is 14.3 Å². The molecular formula is C27H33N3O3. The van der Waals surface area contributed by atoms with E-state index in [0.717, 1.165) is 85.3 Å². The number of hydrogen-bond donors (Lipinski definition) is 0. The Kier molecular flexibility index (Phi) is 6.25. The lowest BCUT2D eigenvalue weighted by molar-refractivity contribution is -0.136. The molecule has 0 spiro atoms. The Morgan fingerprint density at radius 3 is 2.64 bits per heavy atom. The normalized spacial score (nSPS) is 18.9. The van der Waals surface area contributed by atoms with Gasteiger partial charge in [0.15, 0.2) is 5.75 Å². The molecule has 1 saturated carbocycles. The van der Waals surface area contributed by atoms with Gasteiger partial charge in [-0.25, -0.2) is 4.99 Å². The Balaban J connectivity index is 1.43. The van der Waals surface area contributed by atoms with Gasteiger partial charge in [0, 0.05) is 38.2 Å². The van der Waals surface area contributed by atoms with Gasteiger partial charge in [-0.15, -0.1) is 0 Å². The number of amides is 1. The van der Waals surface area contributed by atoms with E-state index in [0.29, 0.717) is 5.91 Å². The molecule has 5 rings (SSSR count). The third-order valence-corrected chi connectivity index (χ3v) is 7.05. The van der Waals surface area contributed by atoms with Gasteiger partial charge in [0.05, 0.1) is 12.7 Å². The average Bonchev–Trinajstić information content (AvgIpc) is 3.18. The zero-order valence-electron chi connectivity index (χ0n) is 19.7. The van der Waals surface area contributed by atoms with Gasteiger partial charge in [-0.05, 0) is 56.0 Å². The summed E-state index contributed by atoms with van der Waals surface area (Å²) in [6.07, 6.45) is 6.68. The SMILES string of the molecule is COc1ccc2c(c1)Oc1cc(C)ccc1N=C2N1CCCN(C(=O)C2CCCCC2)CC1. The third-order valence-electron chi connectivity index (χ3n) is 7.05. The number of carbonyl (C=O) groups excluding carboxylic acids is 1. The standard InChI is InChI=1S/C27H33N3O3/c1-19-9-12-23-25(17-19)33-24-18-21(32-2)10-11-22(24)26(28-23)29-13-6-14-30(16-15-29)27(31)20-7-4-3-5-8-20/h9-12,17-18,20H,3-8,13-16H2,1-2H3. The Morgan fingerprint density at radius 1 is 0.970 bits per heavy atom. The lowest BCUT2D eigenvalue weighted by Gasteiger charge is -2.29. The van der Waals surface area contributed by atoms with Gasteiger partial charge >= 0.3 is 0 Å². The van der Waals surface area contributed by atoms with Crippen molar-refractivity contribution in [1.82, 2.24) is 9.80 Å². The number of aliphatic imine (C=N–C) groups is 1. The van der Waals surface area contributed by atoms with E-state index in [-0.39, 0.29) is 5.92 Å². The molecule has 2 aromatic carbocycles. The predicted molar refractivity (Wildman–Crippen MR) is 130 cm³/mol. The van der Waals surface area contributed by atoms with E-state index in [1.165, 1.54) is 19.3 Å². The second kappa shape index (κ2) is 9.46. The van der Waals surface area contributed by atoms with Crippen LogP contribution >= 0.6 is 0 Å². The number of amidine groups is 1. The van der Waals surface area contributed by atoms with Gasteiger partial charge in [0.1, 0.15) is 23.0 Å². The first kappa shape index (κ1) is 21.8. The molecule has 0 atom stereocenters. The van der Waals surface area contributed by atoms with Crippen LogP contribution in [0.3, 0.4) is 0 Å². The number of nitrogens with zero attached hydrogens (tertiary/aromatic N) is 3. The predicted octanol–water partition coefficient (Wildman–Crippen LogP) is 5.30. The molecule has 174 valence electrons. The van der Waals surface area contributed by atoms with E-state index >= 15 is 0 Å². The van der Waals surface area contributed by atoms with Crippen LogP contribution in [-0.2, 0) is 4.79 Å². The Hall–Kier alpha value is -3.02. The molecule has 2 fully saturated rings. The Bertz CT molecular complexity index is 1060. The van der Waals surface area contributed by atoms with Gasteiger partial charge in [0.25, 0.3) is 0 Å². The van der Waals surface area contributed by atoms with Crippen LogP contribution in [0.25, 0.3) is 0 Å². The van der Waals surface area contributed by atoms with Crippen molar-refractivity contribution in [2.24, 2.45) is 10.9 Å². The number of methoxy groups -OCH3 is 1. The van der Waals surface area contributed by atoms with Crippen LogP contribution in [0, 0.1) is 12.8 Å². The maximum Gasteiger partial charge on any atom is 0.225 e. The fraction of sp³-hybridized carbons (Fsp3) is 0.481. The number of rotatable bonds is 2. The number of fused-ring (bicyclic) bond motifs is 2. The van der Waals surface area contributed by atoms with Crippen LogP contribution in [-0.4, -0.2) is 54.8 Å². The lowest BCUT2D eigenvalue weighted by Crippen LogP contribution is -2.40. The first-order chi connectivity index (χ1) is 16.1. The molecule has 2 heterocycles. The maximum atomic E-state index is 13.2. The first-order valence-corrected chi connectivity index (χ1v) is 12.2. The molecule has 33 heavy (non-hydrogen) atoms. The van der Waals surface area contributed by atoms with Crippen molar-refractivity contribution in [1.29, 1.82) is 0 Å². The average molecular weight is 448 g/mol. The van der Waals surface area contributed by atoms with Gasteiger partial charge < -0.3 is 19.3 Å². The first-order valence-electron chi connectivity index (χ1n) is 12.2. The molecule has 2 aromatic rings. The molecule has 3 aliphatic rings. The highest BCUT2D eigenvalue weighted by Crippen LogP contribution is 2.40. The summed E-state index contributed by atoms with van der Waals surface area (Å²) < 4.78 is 11.8. The highest BCUT2D eigenvalue weighted by Gasteiger charge is 2.29. The highest BCUT2D eigenvalue weighted by atomic mass is 16.5. The summed E-state index contributed by atoms with van der Waals surface area (Å²) in [7, 11) is 1.66. The highest BCUT2D eigenvalue weighted by molar-refractivity contribution is 6.04. The van der Waals surface area contributed by atoms with Gasteiger partial charge in [-0.3, -0.25) is 4.79 Å². The molecule has 0 unspecified atom stereocenters. The number of aryl methyl sites for hydroxylation is 1. The van der Waals surface area contributed by atoms with Crippen LogP contribution in [0.1, 0.15) is 49.7 Å². The van der Waals surface area contributed by atoms with Crippen LogP contribution in [0.2, 0.25) is 0 Å². The molecule has 6 nitrogen and oxygen atoms in total. The van der Waals surface area contributed by atoms with Crippen molar-refractivity contribution in [3.63, 3.8) is 0 Å². The monoisotopic (exact) mass is 447 g/mol. The van der Waals surface area contributed by atoms with E-state index in [2.05, 4.69) is 22.8 Å². The summed E-state index contributed by atoms with van der Waals surface area (Å²) >= 11 is 0. The third kappa shape index (κ3) is 4.56. The minimum absolute atomic E-state index is 0.220. The molecule has 0 N–H and O–H groups in total. The Labute approximate surface area is 196 Å². The minimum atomic E-state index is 0.220. The van der Waals surface area contributed by atoms with E-state index in [9.17, 15) is 4.79 Å². The molecule has 1 saturated heterocycles. The second-order valence-corrected chi connectivity index (χ2v) is 9.37. The van der Waals surface area contributed by atoms with Crippen LogP contribution < -0.4 is 9.47 Å². The lowest BCUT2D eigenvalue weighted by atomic mass is 9.88. The number of hydrogen-bond acceptors (Lipinski definition) is 5. The Morgan fingerprint density at radius 2 is 1.82 bits per heavy atom. The summed E-state index contributed by atoms with van der Waals surface area (Å²) in [5.41, 5.74) is 2.91. The van der Waals surface area contributed by atoms with Gasteiger partial charge in [-0.1, -0.05) is 25.3 Å². The molecule has 6 heteroatoms. The molecule has 2 aliphatic heterocycles. The van der Waals surface area contributed by atoms with Crippen molar-refractivity contribution in [2.45, 2.75) is 45.4 Å². The summed E-state index contributed by atoms with van der Waals surface area (Å²) in [5, 5.41) is 0.